The first kappa shape index (κ1) is 28.2. The summed E-state index contributed by atoms with van der Waals surface area (Å²) in [6.45, 7) is 6.59. The lowest BCUT2D eigenvalue weighted by Crippen LogP contribution is -2.29. The van der Waals surface area contributed by atoms with E-state index in [0.29, 0.717) is 40.1 Å². The molecule has 1 N–H and O–H groups in total. The van der Waals surface area contributed by atoms with E-state index < -0.39 is 17.7 Å². The molecule has 0 saturated carbocycles. The zero-order valence-electron chi connectivity index (χ0n) is 23.7. The minimum absolute atomic E-state index is 0.0333. The lowest BCUT2D eigenvalue weighted by Gasteiger charge is -2.24. The summed E-state index contributed by atoms with van der Waals surface area (Å²) in [4.78, 5) is 33.5. The maximum absolute atomic E-state index is 13.7. The van der Waals surface area contributed by atoms with E-state index in [1.165, 1.54) is 16.2 Å². The molecular formula is C32H32N2O6S. The van der Waals surface area contributed by atoms with Gasteiger partial charge in [-0.15, -0.1) is 0 Å². The van der Waals surface area contributed by atoms with E-state index >= 15 is 0 Å². The second kappa shape index (κ2) is 11.6. The van der Waals surface area contributed by atoms with E-state index in [0.717, 1.165) is 34.2 Å². The number of aliphatic hydroxyl groups excluding tert-OH is 1. The van der Waals surface area contributed by atoms with Crippen molar-refractivity contribution in [3.63, 3.8) is 0 Å². The summed E-state index contributed by atoms with van der Waals surface area (Å²) in [5.74, 6) is -0.221. The predicted octanol–water partition coefficient (Wildman–Crippen LogP) is 6.74. The first-order chi connectivity index (χ1) is 19.8. The average molecular weight is 573 g/mol. The average Bonchev–Trinajstić information content (AvgIpc) is 3.51. The van der Waals surface area contributed by atoms with Gasteiger partial charge in [-0.25, -0.2) is 4.98 Å². The Balaban J connectivity index is 1.69. The standard InChI is InChI=1S/C32H32N2O6S/c1-6-7-14-40-23-13-10-21(17-24(23)39-5)28-26(29(35)20-8-11-22(38-4)12-9-20)30(36)31(37)34(28)32-33-27-19(3)15-18(2)16-25(27)41-32/h8-13,15-17,28,35H,6-7,14H2,1-5H3/b29-26+. The number of rotatable bonds is 9. The summed E-state index contributed by atoms with van der Waals surface area (Å²) < 4.78 is 17.7. The second-order valence-electron chi connectivity index (χ2n) is 9.93. The number of nitrogens with zero attached hydrogens (tertiary/aromatic N) is 2. The predicted molar refractivity (Wildman–Crippen MR) is 160 cm³/mol. The Kier molecular flexibility index (Phi) is 7.99. The van der Waals surface area contributed by atoms with Crippen LogP contribution in [0.3, 0.4) is 0 Å². The molecule has 0 radical (unpaired) electrons. The third-order valence-corrected chi connectivity index (χ3v) is 8.09. The first-order valence-electron chi connectivity index (χ1n) is 13.4. The fraction of sp³-hybridized carbons (Fsp3) is 0.281. The first-order valence-corrected chi connectivity index (χ1v) is 14.2. The quantitative estimate of drug-likeness (QED) is 0.103. The van der Waals surface area contributed by atoms with E-state index in [1.807, 2.05) is 26.0 Å². The van der Waals surface area contributed by atoms with Gasteiger partial charge in [-0.05, 0) is 79.4 Å². The van der Waals surface area contributed by atoms with Crippen LogP contribution in [-0.4, -0.2) is 42.6 Å². The number of anilines is 1. The molecule has 1 atom stereocenters. The lowest BCUT2D eigenvalue weighted by atomic mass is 9.95. The van der Waals surface area contributed by atoms with E-state index in [9.17, 15) is 14.7 Å². The Morgan fingerprint density at radius 2 is 1.76 bits per heavy atom. The molecule has 41 heavy (non-hydrogen) atoms. The minimum Gasteiger partial charge on any atom is -0.507 e. The molecule has 2 heterocycles. The Hall–Kier alpha value is -4.37. The molecule has 0 bridgehead atoms. The van der Waals surface area contributed by atoms with Crippen LogP contribution in [0.4, 0.5) is 5.13 Å². The van der Waals surface area contributed by atoms with Gasteiger partial charge in [0.25, 0.3) is 5.78 Å². The molecule has 1 amide bonds. The van der Waals surface area contributed by atoms with Crippen LogP contribution in [0.2, 0.25) is 0 Å². The van der Waals surface area contributed by atoms with Crippen LogP contribution in [0.25, 0.3) is 16.0 Å². The van der Waals surface area contributed by atoms with Crippen molar-refractivity contribution in [2.45, 2.75) is 39.7 Å². The molecule has 1 aliphatic rings. The zero-order chi connectivity index (χ0) is 29.3. The lowest BCUT2D eigenvalue weighted by molar-refractivity contribution is -0.132. The summed E-state index contributed by atoms with van der Waals surface area (Å²) in [6.07, 6.45) is 1.88. The third kappa shape index (κ3) is 5.25. The van der Waals surface area contributed by atoms with E-state index in [2.05, 4.69) is 6.92 Å². The van der Waals surface area contributed by atoms with Crippen molar-refractivity contribution in [2.75, 3.05) is 25.7 Å². The molecule has 9 heteroatoms. The monoisotopic (exact) mass is 572 g/mol. The van der Waals surface area contributed by atoms with Gasteiger partial charge in [0.05, 0.1) is 42.7 Å². The topological polar surface area (TPSA) is 98.2 Å². The van der Waals surface area contributed by atoms with Crippen molar-refractivity contribution in [3.05, 3.63) is 82.4 Å². The summed E-state index contributed by atoms with van der Waals surface area (Å²) in [5.41, 5.74) is 3.75. The highest BCUT2D eigenvalue weighted by atomic mass is 32.1. The highest BCUT2D eigenvalue weighted by molar-refractivity contribution is 7.22. The van der Waals surface area contributed by atoms with Gasteiger partial charge in [0.1, 0.15) is 11.5 Å². The number of carbonyl (C=O) groups excluding carboxylic acids is 2. The number of amides is 1. The van der Waals surface area contributed by atoms with Crippen molar-refractivity contribution >= 4 is 44.1 Å². The van der Waals surface area contributed by atoms with Gasteiger partial charge in [-0.2, -0.15) is 0 Å². The van der Waals surface area contributed by atoms with Crippen LogP contribution in [0.1, 0.15) is 48.1 Å². The Labute approximate surface area is 242 Å². The number of fused-ring (bicyclic) bond motifs is 1. The number of aliphatic hydroxyl groups is 1. The van der Waals surface area contributed by atoms with Crippen molar-refractivity contribution in [1.29, 1.82) is 0 Å². The van der Waals surface area contributed by atoms with Crippen molar-refractivity contribution < 1.29 is 28.9 Å². The molecule has 1 unspecified atom stereocenters. The summed E-state index contributed by atoms with van der Waals surface area (Å²) in [6, 6.07) is 15.1. The number of hydrogen-bond acceptors (Lipinski definition) is 8. The highest BCUT2D eigenvalue weighted by Crippen LogP contribution is 2.46. The number of Topliss-reactive ketones (excluding diaryl/α,β-unsaturated/α-hetero) is 1. The van der Waals surface area contributed by atoms with E-state index in [-0.39, 0.29) is 11.3 Å². The Morgan fingerprint density at radius 1 is 1.00 bits per heavy atom. The minimum atomic E-state index is -0.947. The van der Waals surface area contributed by atoms with Crippen LogP contribution in [0.15, 0.2) is 60.2 Å². The molecule has 5 rings (SSSR count). The molecule has 8 nitrogen and oxygen atoms in total. The number of aryl methyl sites for hydroxylation is 2. The largest absolute Gasteiger partial charge is 0.507 e. The fourth-order valence-corrected chi connectivity index (χ4v) is 6.18. The van der Waals surface area contributed by atoms with Crippen molar-refractivity contribution in [2.24, 2.45) is 0 Å². The second-order valence-corrected chi connectivity index (χ2v) is 10.9. The fourth-order valence-electron chi connectivity index (χ4n) is 5.01. The van der Waals surface area contributed by atoms with Crippen LogP contribution in [0.5, 0.6) is 17.2 Å². The molecule has 3 aromatic carbocycles. The Bertz CT molecular complexity index is 1660. The van der Waals surface area contributed by atoms with Crippen molar-refractivity contribution in [3.8, 4) is 17.2 Å². The maximum Gasteiger partial charge on any atom is 0.301 e. The van der Waals surface area contributed by atoms with Crippen LogP contribution < -0.4 is 19.1 Å². The maximum atomic E-state index is 13.7. The number of ether oxygens (including phenoxy) is 3. The SMILES string of the molecule is CCCCOc1ccc(C2/C(=C(\O)c3ccc(OC)cc3)C(=O)C(=O)N2c2nc3c(C)cc(C)cc3s2)cc1OC. The number of thiazole rings is 1. The molecule has 1 aromatic heterocycles. The summed E-state index contributed by atoms with van der Waals surface area (Å²) >= 11 is 1.33. The van der Waals surface area contributed by atoms with Gasteiger partial charge in [0.15, 0.2) is 16.6 Å². The van der Waals surface area contributed by atoms with Gasteiger partial charge < -0.3 is 19.3 Å². The number of benzene rings is 3. The van der Waals surface area contributed by atoms with Crippen molar-refractivity contribution in [1.82, 2.24) is 4.98 Å². The smallest absolute Gasteiger partial charge is 0.301 e. The third-order valence-electron chi connectivity index (χ3n) is 7.09. The van der Waals surface area contributed by atoms with Crippen LogP contribution in [0, 0.1) is 13.8 Å². The van der Waals surface area contributed by atoms with Gasteiger partial charge in [-0.3, -0.25) is 14.5 Å². The number of ketones is 1. The molecule has 4 aromatic rings. The summed E-state index contributed by atoms with van der Waals surface area (Å²) in [5, 5.41) is 11.9. The molecule has 1 aliphatic heterocycles. The highest BCUT2D eigenvalue weighted by Gasteiger charge is 2.48. The van der Waals surface area contributed by atoms with Gasteiger partial charge in [-0.1, -0.05) is 36.8 Å². The number of aromatic nitrogens is 1. The summed E-state index contributed by atoms with van der Waals surface area (Å²) in [7, 11) is 3.09. The molecule has 0 aliphatic carbocycles. The number of carbonyl (C=O) groups is 2. The molecular weight excluding hydrogens is 540 g/mol. The number of hydrogen-bond donors (Lipinski definition) is 1. The van der Waals surface area contributed by atoms with Gasteiger partial charge >= 0.3 is 5.91 Å². The zero-order valence-corrected chi connectivity index (χ0v) is 24.5. The molecule has 1 saturated heterocycles. The van der Waals surface area contributed by atoms with Crippen LogP contribution >= 0.6 is 11.3 Å². The molecule has 1 fully saturated rings. The van der Waals surface area contributed by atoms with Crippen LogP contribution in [-0.2, 0) is 9.59 Å². The normalized spacial score (nSPS) is 16.4. The number of unbranched alkanes of at least 4 members (excludes halogenated alkanes) is 1. The van der Waals surface area contributed by atoms with E-state index in [4.69, 9.17) is 19.2 Å². The van der Waals surface area contributed by atoms with Gasteiger partial charge in [0.2, 0.25) is 0 Å². The Morgan fingerprint density at radius 3 is 2.44 bits per heavy atom. The molecule has 212 valence electrons. The van der Waals surface area contributed by atoms with Gasteiger partial charge in [0, 0.05) is 5.56 Å². The molecule has 0 spiro atoms. The number of methoxy groups -OCH3 is 2. The van der Waals surface area contributed by atoms with E-state index in [1.54, 1.807) is 56.7 Å².